The first-order chi connectivity index (χ1) is 16.5. The Hall–Kier alpha value is -2.68. The summed E-state index contributed by atoms with van der Waals surface area (Å²) in [5, 5.41) is 10.7. The Morgan fingerprint density at radius 1 is 1.00 bits per heavy atom. The Morgan fingerprint density at radius 2 is 1.74 bits per heavy atom. The third-order valence-corrected chi connectivity index (χ3v) is 7.65. The quantitative estimate of drug-likeness (QED) is 0.676. The molecule has 0 radical (unpaired) electrons. The number of likely N-dealkylation sites (tertiary alicyclic amines) is 1. The van der Waals surface area contributed by atoms with Gasteiger partial charge in [-0.1, -0.05) is 12.8 Å². The van der Waals surface area contributed by atoms with E-state index < -0.39 is 0 Å². The van der Waals surface area contributed by atoms with E-state index in [4.69, 9.17) is 9.97 Å². The number of H-pyrrole nitrogens is 1. The summed E-state index contributed by atoms with van der Waals surface area (Å²) in [5.74, 6) is 4.61. The monoisotopic (exact) mass is 466 g/mol. The normalized spacial score (nSPS) is 20.8. The number of likely N-dealkylation sites (N-methyl/N-ethyl adjacent to an activating group) is 1. The molecule has 4 heterocycles. The van der Waals surface area contributed by atoms with E-state index in [2.05, 4.69) is 37.3 Å². The van der Waals surface area contributed by atoms with Crippen LogP contribution in [0, 0.1) is 18.8 Å². The fourth-order valence-electron chi connectivity index (χ4n) is 5.50. The Labute approximate surface area is 202 Å². The molecule has 0 aromatic carbocycles. The largest absolute Gasteiger partial charge is 0.354 e. The predicted octanol–water partition coefficient (Wildman–Crippen LogP) is 2.97. The third kappa shape index (κ3) is 5.51. The van der Waals surface area contributed by atoms with Crippen molar-refractivity contribution in [1.29, 1.82) is 0 Å². The lowest BCUT2D eigenvalue weighted by Crippen LogP contribution is -2.45. The maximum atomic E-state index is 12.8. The van der Waals surface area contributed by atoms with Crippen molar-refractivity contribution in [3.63, 3.8) is 0 Å². The Morgan fingerprint density at radius 3 is 2.41 bits per heavy atom. The molecule has 9 heteroatoms. The van der Waals surface area contributed by atoms with Crippen LogP contribution < -0.4 is 10.2 Å². The molecule has 1 saturated carbocycles. The zero-order valence-corrected chi connectivity index (χ0v) is 20.6. The van der Waals surface area contributed by atoms with Gasteiger partial charge in [0.05, 0.1) is 0 Å². The summed E-state index contributed by atoms with van der Waals surface area (Å²) in [6, 6.07) is 4.02. The SMILES string of the molecule is Cc1cc(Nc2cc(N3CCN(C)CC3)nc(CC3CCN(C(=O)C4CCCC4)CC3)n2)n[nH]1. The molecular formula is C25H38N8O. The van der Waals surface area contributed by atoms with E-state index in [9.17, 15) is 4.79 Å². The van der Waals surface area contributed by atoms with Gasteiger partial charge in [-0.25, -0.2) is 9.97 Å². The fraction of sp³-hybridized carbons (Fsp3) is 0.680. The number of hydrogen-bond acceptors (Lipinski definition) is 7. The number of piperidine rings is 1. The summed E-state index contributed by atoms with van der Waals surface area (Å²) in [6.45, 7) is 7.74. The number of aromatic amines is 1. The van der Waals surface area contributed by atoms with Crippen molar-refractivity contribution in [3.05, 3.63) is 23.7 Å². The maximum absolute atomic E-state index is 12.8. The van der Waals surface area contributed by atoms with Gasteiger partial charge in [0, 0.05) is 69.4 Å². The van der Waals surface area contributed by atoms with Crippen molar-refractivity contribution < 1.29 is 4.79 Å². The molecule has 0 bridgehead atoms. The maximum Gasteiger partial charge on any atom is 0.225 e. The summed E-state index contributed by atoms with van der Waals surface area (Å²) in [7, 11) is 2.17. The molecule has 3 fully saturated rings. The van der Waals surface area contributed by atoms with E-state index in [1.54, 1.807) is 0 Å². The summed E-state index contributed by atoms with van der Waals surface area (Å²) in [4.78, 5) is 29.5. The van der Waals surface area contributed by atoms with Crippen molar-refractivity contribution in [3.8, 4) is 0 Å². The van der Waals surface area contributed by atoms with Gasteiger partial charge >= 0.3 is 0 Å². The highest BCUT2D eigenvalue weighted by molar-refractivity contribution is 5.79. The topological polar surface area (TPSA) is 93.3 Å². The average Bonchev–Trinajstić information content (AvgIpc) is 3.52. The van der Waals surface area contributed by atoms with E-state index >= 15 is 0 Å². The van der Waals surface area contributed by atoms with Crippen LogP contribution in [0.15, 0.2) is 12.1 Å². The van der Waals surface area contributed by atoms with Crippen LogP contribution in [0.25, 0.3) is 0 Å². The molecule has 2 aromatic rings. The molecule has 34 heavy (non-hydrogen) atoms. The molecule has 5 rings (SSSR count). The Balaban J connectivity index is 1.26. The number of hydrogen-bond donors (Lipinski definition) is 2. The standard InChI is InChI=1S/C25H38N8O/c1-18-15-23(30-29-18)27-22-17-24(32-13-11-31(2)12-14-32)28-21(26-22)16-19-7-9-33(10-8-19)25(34)20-5-3-4-6-20/h15,17,19-20H,3-14,16H2,1-2H3,(H2,26,27,28,29,30). The van der Waals surface area contributed by atoms with Crippen LogP contribution in [0.1, 0.15) is 50.0 Å². The minimum atomic E-state index is 0.277. The molecule has 3 aliphatic rings. The number of nitrogens with one attached hydrogen (secondary N) is 2. The van der Waals surface area contributed by atoms with E-state index in [0.29, 0.717) is 11.8 Å². The van der Waals surface area contributed by atoms with Gasteiger partial charge in [-0.3, -0.25) is 9.89 Å². The molecule has 0 atom stereocenters. The molecule has 184 valence electrons. The van der Waals surface area contributed by atoms with E-state index in [1.165, 1.54) is 12.8 Å². The summed E-state index contributed by atoms with van der Waals surface area (Å²) in [6.07, 6.45) is 7.49. The number of aromatic nitrogens is 4. The molecule has 0 spiro atoms. The van der Waals surface area contributed by atoms with E-state index in [0.717, 1.165) is 100 Å². The summed E-state index contributed by atoms with van der Waals surface area (Å²) < 4.78 is 0. The van der Waals surface area contributed by atoms with Gasteiger partial charge in [0.1, 0.15) is 17.5 Å². The van der Waals surface area contributed by atoms with Gasteiger partial charge in [-0.2, -0.15) is 5.10 Å². The summed E-state index contributed by atoms with van der Waals surface area (Å²) >= 11 is 0. The predicted molar refractivity (Wildman–Crippen MR) is 133 cm³/mol. The summed E-state index contributed by atoms with van der Waals surface area (Å²) in [5.41, 5.74) is 1.01. The second-order valence-electron chi connectivity index (χ2n) is 10.3. The van der Waals surface area contributed by atoms with Crippen LogP contribution in [0.5, 0.6) is 0 Å². The van der Waals surface area contributed by atoms with Crippen LogP contribution in [0.4, 0.5) is 17.5 Å². The Kier molecular flexibility index (Phi) is 6.99. The first-order valence-corrected chi connectivity index (χ1v) is 12.9. The third-order valence-electron chi connectivity index (χ3n) is 7.65. The van der Waals surface area contributed by atoms with Crippen molar-refractivity contribution in [2.24, 2.45) is 11.8 Å². The number of carbonyl (C=O) groups is 1. The zero-order chi connectivity index (χ0) is 23.5. The number of piperazine rings is 1. The van der Waals surface area contributed by atoms with Crippen molar-refractivity contribution in [2.45, 2.75) is 51.9 Å². The Bertz CT molecular complexity index is 969. The van der Waals surface area contributed by atoms with Crippen molar-refractivity contribution in [1.82, 2.24) is 30.0 Å². The highest BCUT2D eigenvalue weighted by Crippen LogP contribution is 2.29. The number of nitrogens with zero attached hydrogens (tertiary/aromatic N) is 6. The molecule has 2 aliphatic heterocycles. The number of anilines is 3. The van der Waals surface area contributed by atoms with Crippen molar-refractivity contribution in [2.75, 3.05) is 56.5 Å². The van der Waals surface area contributed by atoms with Gasteiger partial charge in [0.15, 0.2) is 5.82 Å². The van der Waals surface area contributed by atoms with Crippen molar-refractivity contribution >= 4 is 23.4 Å². The highest BCUT2D eigenvalue weighted by atomic mass is 16.2. The molecule has 2 N–H and O–H groups in total. The first kappa shape index (κ1) is 23.1. The van der Waals surface area contributed by atoms with Gasteiger partial charge in [-0.15, -0.1) is 0 Å². The fourth-order valence-corrected chi connectivity index (χ4v) is 5.50. The lowest BCUT2D eigenvalue weighted by atomic mass is 9.92. The van der Waals surface area contributed by atoms with Crippen LogP contribution >= 0.6 is 0 Å². The van der Waals surface area contributed by atoms with Crippen LogP contribution in [0.3, 0.4) is 0 Å². The van der Waals surface area contributed by atoms with Gasteiger partial charge in [0.25, 0.3) is 0 Å². The van der Waals surface area contributed by atoms with Gasteiger partial charge in [0.2, 0.25) is 5.91 Å². The molecule has 1 aliphatic carbocycles. The minimum absolute atomic E-state index is 0.277. The average molecular weight is 467 g/mol. The minimum Gasteiger partial charge on any atom is -0.354 e. The number of amides is 1. The lowest BCUT2D eigenvalue weighted by molar-refractivity contribution is -0.136. The van der Waals surface area contributed by atoms with Gasteiger partial charge in [-0.05, 0) is 45.6 Å². The molecule has 1 amide bonds. The van der Waals surface area contributed by atoms with Crippen LogP contribution in [0.2, 0.25) is 0 Å². The number of rotatable bonds is 6. The zero-order valence-electron chi connectivity index (χ0n) is 20.6. The molecule has 0 unspecified atom stereocenters. The first-order valence-electron chi connectivity index (χ1n) is 12.9. The number of aryl methyl sites for hydroxylation is 1. The molecule has 9 nitrogen and oxygen atoms in total. The smallest absolute Gasteiger partial charge is 0.225 e. The molecular weight excluding hydrogens is 428 g/mol. The second kappa shape index (κ2) is 10.3. The lowest BCUT2D eigenvalue weighted by Gasteiger charge is -2.34. The second-order valence-corrected chi connectivity index (χ2v) is 10.3. The van der Waals surface area contributed by atoms with Gasteiger partial charge < -0.3 is 20.0 Å². The molecule has 2 saturated heterocycles. The van der Waals surface area contributed by atoms with E-state index in [-0.39, 0.29) is 5.92 Å². The highest BCUT2D eigenvalue weighted by Gasteiger charge is 2.30. The van der Waals surface area contributed by atoms with Crippen LogP contribution in [-0.2, 0) is 11.2 Å². The van der Waals surface area contributed by atoms with E-state index in [1.807, 2.05) is 19.1 Å². The van der Waals surface area contributed by atoms with Crippen LogP contribution in [-0.4, -0.2) is 82.2 Å². The number of carbonyl (C=O) groups excluding carboxylic acids is 1. The molecule has 2 aromatic heterocycles.